The Hall–Kier alpha value is -0.340. The van der Waals surface area contributed by atoms with E-state index in [1.54, 1.807) is 0 Å². The van der Waals surface area contributed by atoms with Crippen LogP contribution in [-0.4, -0.2) is 13.2 Å². The summed E-state index contributed by atoms with van der Waals surface area (Å²) in [5.74, 6) is 1.40. The van der Waals surface area contributed by atoms with Crippen molar-refractivity contribution in [1.82, 2.24) is 0 Å². The van der Waals surface area contributed by atoms with Gasteiger partial charge in [0.1, 0.15) is 0 Å². The second kappa shape index (κ2) is 2.95. The molecule has 1 aromatic carbocycles. The summed E-state index contributed by atoms with van der Waals surface area (Å²) in [5.41, 5.74) is 1.31. The molecule has 1 fully saturated rings. The first-order valence-corrected chi connectivity index (χ1v) is 4.34. The van der Waals surface area contributed by atoms with Crippen molar-refractivity contribution in [1.29, 1.82) is 0 Å². The molecule has 1 heterocycles. The average molecular weight is 212 g/mol. The molecule has 1 saturated heterocycles. The van der Waals surface area contributed by atoms with Crippen molar-refractivity contribution in [2.75, 3.05) is 13.2 Å². The van der Waals surface area contributed by atoms with E-state index in [0.717, 1.165) is 17.7 Å². The van der Waals surface area contributed by atoms with Crippen molar-refractivity contribution in [3.05, 3.63) is 40.2 Å². The molecule has 11 heavy (non-hydrogen) atoms. The molecule has 2 heteroatoms. The lowest BCUT2D eigenvalue weighted by atomic mass is 9.98. The molecule has 0 aromatic heterocycles. The van der Waals surface area contributed by atoms with Gasteiger partial charge in [-0.2, -0.15) is 0 Å². The van der Waals surface area contributed by atoms with Gasteiger partial charge in [-0.05, 0) is 17.7 Å². The molecule has 0 unspecified atom stereocenters. The van der Waals surface area contributed by atoms with Crippen molar-refractivity contribution in [2.45, 2.75) is 0 Å². The highest BCUT2D eigenvalue weighted by atomic mass is 79.9. The van der Waals surface area contributed by atoms with Crippen LogP contribution in [0.5, 0.6) is 0 Å². The fourth-order valence-corrected chi connectivity index (χ4v) is 1.32. The monoisotopic (exact) mass is 211 g/mol. The Bertz CT molecular complexity index is 238. The Morgan fingerprint density at radius 1 is 1.09 bits per heavy atom. The lowest BCUT2D eigenvalue weighted by Crippen LogP contribution is -2.25. The highest BCUT2D eigenvalue weighted by Crippen LogP contribution is 2.23. The van der Waals surface area contributed by atoms with E-state index in [0.29, 0.717) is 0 Å². The Kier molecular flexibility index (Phi) is 1.96. The van der Waals surface area contributed by atoms with Gasteiger partial charge in [0.05, 0.1) is 19.1 Å². The number of rotatable bonds is 1. The molecule has 0 amide bonds. The number of hydrogen-bond donors (Lipinski definition) is 0. The van der Waals surface area contributed by atoms with Crippen LogP contribution in [0.2, 0.25) is 0 Å². The van der Waals surface area contributed by atoms with Gasteiger partial charge in [-0.1, -0.05) is 28.1 Å². The molecule has 0 spiro atoms. The number of halogens is 1. The maximum Gasteiger partial charge on any atom is 0.0596 e. The van der Waals surface area contributed by atoms with Crippen molar-refractivity contribution in [2.24, 2.45) is 0 Å². The van der Waals surface area contributed by atoms with Crippen molar-refractivity contribution < 1.29 is 4.74 Å². The third-order valence-electron chi connectivity index (χ3n) is 1.81. The van der Waals surface area contributed by atoms with Gasteiger partial charge in [-0.25, -0.2) is 0 Å². The Balaban J connectivity index is 2.18. The fourth-order valence-electron chi connectivity index (χ4n) is 1.06. The predicted octanol–water partition coefficient (Wildman–Crippen LogP) is 2.40. The number of hydrogen-bond acceptors (Lipinski definition) is 1. The van der Waals surface area contributed by atoms with Gasteiger partial charge in [0, 0.05) is 4.47 Å². The summed E-state index contributed by atoms with van der Waals surface area (Å²) < 4.78 is 6.20. The van der Waals surface area contributed by atoms with Crippen LogP contribution in [0.4, 0.5) is 0 Å². The lowest BCUT2D eigenvalue weighted by Gasteiger charge is -2.25. The van der Waals surface area contributed by atoms with Crippen LogP contribution < -0.4 is 0 Å². The summed E-state index contributed by atoms with van der Waals surface area (Å²) in [7, 11) is 0. The highest BCUT2D eigenvalue weighted by Gasteiger charge is 2.20. The van der Waals surface area contributed by atoms with Crippen LogP contribution in [-0.2, 0) is 4.74 Å². The first kappa shape index (κ1) is 7.32. The molecular weight excluding hydrogens is 204 g/mol. The molecule has 1 aliphatic rings. The molecular formula is C9H8BrO. The molecule has 1 radical (unpaired) electrons. The highest BCUT2D eigenvalue weighted by molar-refractivity contribution is 9.10. The van der Waals surface area contributed by atoms with E-state index in [1.165, 1.54) is 11.5 Å². The molecule has 57 valence electrons. The van der Waals surface area contributed by atoms with Crippen LogP contribution in [0.25, 0.3) is 0 Å². The van der Waals surface area contributed by atoms with Crippen LogP contribution in [0.1, 0.15) is 5.56 Å². The van der Waals surface area contributed by atoms with Gasteiger partial charge in [-0.3, -0.25) is 0 Å². The molecule has 1 nitrogen and oxygen atoms in total. The summed E-state index contributed by atoms with van der Waals surface area (Å²) in [6.45, 7) is 1.61. The minimum atomic E-state index is 0.807. The molecule has 1 aliphatic heterocycles. The zero-order valence-corrected chi connectivity index (χ0v) is 7.60. The minimum Gasteiger partial charge on any atom is -0.379 e. The summed E-state index contributed by atoms with van der Waals surface area (Å²) in [6.07, 6.45) is 0. The molecule has 0 atom stereocenters. The normalized spacial score (nSPS) is 17.9. The predicted molar refractivity (Wildman–Crippen MR) is 47.3 cm³/mol. The van der Waals surface area contributed by atoms with Crippen LogP contribution >= 0.6 is 15.9 Å². The van der Waals surface area contributed by atoms with Gasteiger partial charge in [0.2, 0.25) is 0 Å². The summed E-state index contributed by atoms with van der Waals surface area (Å²) in [6, 6.07) is 8.34. The standard InChI is InChI=1S/C9H8BrO/c10-9-3-1-7(2-4-9)8-5-11-6-8/h1-4H,5-6H2. The third-order valence-corrected chi connectivity index (χ3v) is 2.33. The minimum absolute atomic E-state index is 0.807. The van der Waals surface area contributed by atoms with Gasteiger partial charge < -0.3 is 4.74 Å². The molecule has 2 rings (SSSR count). The molecule has 0 aliphatic carbocycles. The maximum absolute atomic E-state index is 5.07. The van der Waals surface area contributed by atoms with E-state index in [4.69, 9.17) is 4.74 Å². The topological polar surface area (TPSA) is 9.23 Å². The van der Waals surface area contributed by atoms with Gasteiger partial charge >= 0.3 is 0 Å². The van der Waals surface area contributed by atoms with Crippen molar-refractivity contribution >= 4 is 15.9 Å². The molecule has 0 bridgehead atoms. The first-order valence-electron chi connectivity index (χ1n) is 3.54. The molecule has 0 N–H and O–H groups in total. The Morgan fingerprint density at radius 2 is 1.73 bits per heavy atom. The van der Waals surface area contributed by atoms with E-state index in [1.807, 2.05) is 0 Å². The first-order chi connectivity index (χ1) is 5.36. The van der Waals surface area contributed by atoms with E-state index >= 15 is 0 Å². The number of benzene rings is 1. The Labute approximate surface area is 74.5 Å². The molecule has 1 aromatic rings. The summed E-state index contributed by atoms with van der Waals surface area (Å²) in [4.78, 5) is 0. The van der Waals surface area contributed by atoms with E-state index < -0.39 is 0 Å². The van der Waals surface area contributed by atoms with Gasteiger partial charge in [0.15, 0.2) is 0 Å². The fraction of sp³-hybridized carbons (Fsp3) is 0.222. The third kappa shape index (κ3) is 1.47. The zero-order valence-electron chi connectivity index (χ0n) is 6.01. The second-order valence-corrected chi connectivity index (χ2v) is 3.52. The number of ether oxygens (including phenoxy) is 1. The average Bonchev–Trinajstić information content (AvgIpc) is 1.90. The van der Waals surface area contributed by atoms with Crippen LogP contribution in [0.15, 0.2) is 28.7 Å². The Morgan fingerprint density at radius 3 is 2.18 bits per heavy atom. The lowest BCUT2D eigenvalue weighted by molar-refractivity contribution is 0.0733. The van der Waals surface area contributed by atoms with Crippen LogP contribution in [0, 0.1) is 5.92 Å². The summed E-state index contributed by atoms with van der Waals surface area (Å²) in [5, 5.41) is 0. The molecule has 0 saturated carbocycles. The van der Waals surface area contributed by atoms with Crippen molar-refractivity contribution in [3.63, 3.8) is 0 Å². The zero-order chi connectivity index (χ0) is 7.68. The van der Waals surface area contributed by atoms with E-state index in [-0.39, 0.29) is 0 Å². The quantitative estimate of drug-likeness (QED) is 0.694. The SMILES string of the molecule is Brc1ccc([C]2COC2)cc1. The maximum atomic E-state index is 5.07. The van der Waals surface area contributed by atoms with Gasteiger partial charge in [-0.15, -0.1) is 0 Å². The van der Waals surface area contributed by atoms with Gasteiger partial charge in [0.25, 0.3) is 0 Å². The van der Waals surface area contributed by atoms with Crippen molar-refractivity contribution in [3.8, 4) is 0 Å². The van der Waals surface area contributed by atoms with E-state index in [9.17, 15) is 0 Å². The largest absolute Gasteiger partial charge is 0.379 e. The van der Waals surface area contributed by atoms with Crippen LogP contribution in [0.3, 0.4) is 0 Å². The summed E-state index contributed by atoms with van der Waals surface area (Å²) >= 11 is 3.39. The smallest absolute Gasteiger partial charge is 0.0596 e. The van der Waals surface area contributed by atoms with E-state index in [2.05, 4.69) is 40.2 Å². The second-order valence-electron chi connectivity index (χ2n) is 2.60.